The van der Waals surface area contributed by atoms with Gasteiger partial charge < -0.3 is 19.9 Å². The van der Waals surface area contributed by atoms with E-state index in [-0.39, 0.29) is 5.97 Å². The SMILES string of the molecule is COc1cc(N)cc(C(=O)OCCN2CCOCC2)c1. The van der Waals surface area contributed by atoms with Crippen molar-refractivity contribution in [3.8, 4) is 5.75 Å². The van der Waals surface area contributed by atoms with E-state index >= 15 is 0 Å². The minimum atomic E-state index is -0.385. The lowest BCUT2D eigenvalue weighted by atomic mass is 10.2. The van der Waals surface area contributed by atoms with Gasteiger partial charge >= 0.3 is 5.97 Å². The van der Waals surface area contributed by atoms with E-state index < -0.39 is 0 Å². The van der Waals surface area contributed by atoms with Crippen LogP contribution in [0.2, 0.25) is 0 Å². The summed E-state index contributed by atoms with van der Waals surface area (Å²) < 4.78 is 15.6. The molecule has 1 heterocycles. The number of ether oxygens (including phenoxy) is 3. The van der Waals surface area contributed by atoms with Gasteiger partial charge in [-0.3, -0.25) is 4.90 Å². The molecule has 6 nitrogen and oxygen atoms in total. The third-order valence-electron chi connectivity index (χ3n) is 3.14. The maximum Gasteiger partial charge on any atom is 0.338 e. The highest BCUT2D eigenvalue weighted by molar-refractivity contribution is 5.91. The maximum atomic E-state index is 11.9. The topological polar surface area (TPSA) is 74.0 Å². The summed E-state index contributed by atoms with van der Waals surface area (Å²) >= 11 is 0. The molecule has 0 amide bonds. The molecule has 1 aliphatic rings. The van der Waals surface area contributed by atoms with Crippen LogP contribution in [0.15, 0.2) is 18.2 Å². The van der Waals surface area contributed by atoms with Gasteiger partial charge in [0.25, 0.3) is 0 Å². The lowest BCUT2D eigenvalue weighted by molar-refractivity contribution is 0.0195. The first-order chi connectivity index (χ1) is 9.69. The molecule has 0 saturated carbocycles. The van der Waals surface area contributed by atoms with Gasteiger partial charge in [0.05, 0.1) is 25.9 Å². The van der Waals surface area contributed by atoms with Gasteiger partial charge in [-0.25, -0.2) is 4.79 Å². The lowest BCUT2D eigenvalue weighted by Gasteiger charge is -2.26. The number of anilines is 1. The number of carbonyl (C=O) groups is 1. The van der Waals surface area contributed by atoms with Crippen molar-refractivity contribution in [3.63, 3.8) is 0 Å². The van der Waals surface area contributed by atoms with Gasteiger partial charge in [-0.2, -0.15) is 0 Å². The van der Waals surface area contributed by atoms with Crippen molar-refractivity contribution in [2.24, 2.45) is 0 Å². The number of hydrogen-bond acceptors (Lipinski definition) is 6. The van der Waals surface area contributed by atoms with Crippen molar-refractivity contribution >= 4 is 11.7 Å². The third kappa shape index (κ3) is 4.11. The fourth-order valence-electron chi connectivity index (χ4n) is 2.03. The Morgan fingerprint density at radius 3 is 2.80 bits per heavy atom. The van der Waals surface area contributed by atoms with E-state index in [0.29, 0.717) is 30.2 Å². The Bertz CT molecular complexity index is 458. The normalized spacial score (nSPS) is 15.8. The lowest BCUT2D eigenvalue weighted by Crippen LogP contribution is -2.38. The van der Waals surface area contributed by atoms with Crippen LogP contribution in [0.3, 0.4) is 0 Å². The van der Waals surface area contributed by atoms with Gasteiger partial charge in [0.2, 0.25) is 0 Å². The molecule has 6 heteroatoms. The highest BCUT2D eigenvalue weighted by Crippen LogP contribution is 2.19. The maximum absolute atomic E-state index is 11.9. The van der Waals surface area contributed by atoms with Crippen LogP contribution >= 0.6 is 0 Å². The monoisotopic (exact) mass is 280 g/mol. The molecule has 20 heavy (non-hydrogen) atoms. The van der Waals surface area contributed by atoms with E-state index in [1.54, 1.807) is 18.2 Å². The molecule has 2 rings (SSSR count). The second-order valence-electron chi connectivity index (χ2n) is 4.58. The van der Waals surface area contributed by atoms with Gasteiger partial charge in [0, 0.05) is 31.4 Å². The van der Waals surface area contributed by atoms with Gasteiger partial charge in [-0.15, -0.1) is 0 Å². The summed E-state index contributed by atoms with van der Waals surface area (Å²) in [6.07, 6.45) is 0. The average molecular weight is 280 g/mol. The number of esters is 1. The zero-order chi connectivity index (χ0) is 14.4. The van der Waals surface area contributed by atoms with Crippen molar-refractivity contribution in [3.05, 3.63) is 23.8 Å². The number of benzene rings is 1. The molecular formula is C14H20N2O4. The molecule has 0 bridgehead atoms. The molecule has 0 aliphatic carbocycles. The first-order valence-electron chi connectivity index (χ1n) is 6.61. The van der Waals surface area contributed by atoms with Gasteiger partial charge in [0.1, 0.15) is 12.4 Å². The van der Waals surface area contributed by atoms with Crippen molar-refractivity contribution in [1.82, 2.24) is 4.90 Å². The van der Waals surface area contributed by atoms with Crippen LogP contribution in [0.25, 0.3) is 0 Å². The van der Waals surface area contributed by atoms with Gasteiger partial charge in [-0.1, -0.05) is 0 Å². The fourth-order valence-corrected chi connectivity index (χ4v) is 2.03. The Morgan fingerprint density at radius 2 is 2.10 bits per heavy atom. The summed E-state index contributed by atoms with van der Waals surface area (Å²) in [7, 11) is 1.53. The van der Waals surface area contributed by atoms with Crippen LogP contribution < -0.4 is 10.5 Å². The number of nitrogen functional groups attached to an aromatic ring is 1. The van der Waals surface area contributed by atoms with E-state index in [1.165, 1.54) is 7.11 Å². The summed E-state index contributed by atoms with van der Waals surface area (Å²) in [4.78, 5) is 14.1. The quantitative estimate of drug-likeness (QED) is 0.634. The predicted octanol–water partition coefficient (Wildman–Crippen LogP) is 0.766. The molecule has 1 fully saturated rings. The first-order valence-corrected chi connectivity index (χ1v) is 6.61. The molecule has 0 unspecified atom stereocenters. The van der Waals surface area contributed by atoms with Gasteiger partial charge in [0.15, 0.2) is 0 Å². The van der Waals surface area contributed by atoms with Gasteiger partial charge in [-0.05, 0) is 12.1 Å². The van der Waals surface area contributed by atoms with Crippen molar-refractivity contribution in [2.45, 2.75) is 0 Å². The molecular weight excluding hydrogens is 260 g/mol. The number of hydrogen-bond donors (Lipinski definition) is 1. The Kier molecular flexibility index (Phi) is 5.20. The highest BCUT2D eigenvalue weighted by atomic mass is 16.5. The largest absolute Gasteiger partial charge is 0.497 e. The molecule has 0 radical (unpaired) electrons. The summed E-state index contributed by atoms with van der Waals surface area (Å²) in [5.41, 5.74) is 6.59. The molecule has 1 aliphatic heterocycles. The van der Waals surface area contributed by atoms with Crippen LogP contribution in [0.1, 0.15) is 10.4 Å². The molecule has 1 aromatic rings. The third-order valence-corrected chi connectivity index (χ3v) is 3.14. The summed E-state index contributed by atoms with van der Waals surface area (Å²) in [5.74, 6) is 0.161. The van der Waals surface area contributed by atoms with E-state index in [9.17, 15) is 4.79 Å². The van der Waals surface area contributed by atoms with Crippen molar-refractivity contribution < 1.29 is 19.0 Å². The van der Waals surface area contributed by atoms with Crippen LogP contribution in [-0.4, -0.2) is 57.4 Å². The van der Waals surface area contributed by atoms with Crippen LogP contribution in [0, 0.1) is 0 Å². The number of methoxy groups -OCH3 is 1. The molecule has 0 spiro atoms. The molecule has 1 aromatic carbocycles. The number of morpholine rings is 1. The summed E-state index contributed by atoms with van der Waals surface area (Å²) in [5, 5.41) is 0. The van der Waals surface area contributed by atoms with Crippen LogP contribution in [-0.2, 0) is 9.47 Å². The molecule has 0 atom stereocenters. The molecule has 1 saturated heterocycles. The number of rotatable bonds is 5. The second kappa shape index (κ2) is 7.12. The zero-order valence-electron chi connectivity index (χ0n) is 11.6. The number of nitrogens with zero attached hydrogens (tertiary/aromatic N) is 1. The number of nitrogens with two attached hydrogens (primary N) is 1. The average Bonchev–Trinajstić information content (AvgIpc) is 2.47. The van der Waals surface area contributed by atoms with Crippen molar-refractivity contribution in [1.29, 1.82) is 0 Å². The first kappa shape index (κ1) is 14.6. The van der Waals surface area contributed by atoms with E-state index in [0.717, 1.165) is 26.3 Å². The van der Waals surface area contributed by atoms with Crippen LogP contribution in [0.4, 0.5) is 5.69 Å². The Labute approximate surface area is 118 Å². The molecule has 2 N–H and O–H groups in total. The second-order valence-corrected chi connectivity index (χ2v) is 4.58. The van der Waals surface area contributed by atoms with Crippen LogP contribution in [0.5, 0.6) is 5.75 Å². The zero-order valence-corrected chi connectivity index (χ0v) is 11.6. The summed E-state index contributed by atoms with van der Waals surface area (Å²) in [6.45, 7) is 4.30. The van der Waals surface area contributed by atoms with E-state index in [2.05, 4.69) is 4.90 Å². The predicted molar refractivity (Wildman–Crippen MR) is 74.9 cm³/mol. The minimum Gasteiger partial charge on any atom is -0.497 e. The molecule has 110 valence electrons. The highest BCUT2D eigenvalue weighted by Gasteiger charge is 2.13. The number of carbonyl (C=O) groups excluding carboxylic acids is 1. The standard InChI is InChI=1S/C14H20N2O4/c1-18-13-9-11(8-12(15)10-13)14(17)20-7-4-16-2-5-19-6-3-16/h8-10H,2-7,15H2,1H3. The van der Waals surface area contributed by atoms with E-state index in [1.807, 2.05) is 0 Å². The Morgan fingerprint density at radius 1 is 1.35 bits per heavy atom. The Balaban J connectivity index is 1.83. The summed E-state index contributed by atoms with van der Waals surface area (Å²) in [6, 6.07) is 4.86. The molecule has 0 aromatic heterocycles. The smallest absolute Gasteiger partial charge is 0.338 e. The van der Waals surface area contributed by atoms with E-state index in [4.69, 9.17) is 19.9 Å². The van der Waals surface area contributed by atoms with Crippen molar-refractivity contribution in [2.75, 3.05) is 52.3 Å². The Hall–Kier alpha value is -1.79. The minimum absolute atomic E-state index is 0.357. The fraction of sp³-hybridized carbons (Fsp3) is 0.500.